The van der Waals surface area contributed by atoms with Crippen LogP contribution in [-0.4, -0.2) is 19.4 Å². The summed E-state index contributed by atoms with van der Waals surface area (Å²) in [6.07, 6.45) is 0. The summed E-state index contributed by atoms with van der Waals surface area (Å²) >= 11 is 0. The number of hydrogen-bond acceptors (Lipinski definition) is 2. The highest BCUT2D eigenvalue weighted by Gasteiger charge is 2.09. The maximum atomic E-state index is 12.1. The standard InChI is InChI=1S/C16H17NO/c1-13-7-6-10-15(11-13)17(2)12-16(18)14-8-4-3-5-9-14/h3-11H,12H2,1-2H3. The number of carbonyl (C=O) groups excluding carboxylic acids is 1. The van der Waals surface area contributed by atoms with Crippen LogP contribution in [-0.2, 0) is 0 Å². The van der Waals surface area contributed by atoms with Crippen molar-refractivity contribution >= 4 is 11.5 Å². The third-order valence-electron chi connectivity index (χ3n) is 2.92. The van der Waals surface area contributed by atoms with Crippen molar-refractivity contribution in [2.75, 3.05) is 18.5 Å². The molecule has 0 aliphatic heterocycles. The number of rotatable bonds is 4. The van der Waals surface area contributed by atoms with E-state index in [0.29, 0.717) is 6.54 Å². The van der Waals surface area contributed by atoms with Crippen molar-refractivity contribution in [3.8, 4) is 0 Å². The van der Waals surface area contributed by atoms with E-state index in [1.807, 2.05) is 54.4 Å². The Morgan fingerprint density at radius 2 is 1.78 bits per heavy atom. The molecule has 0 atom stereocenters. The number of anilines is 1. The molecule has 2 aromatic carbocycles. The molecule has 2 nitrogen and oxygen atoms in total. The maximum absolute atomic E-state index is 12.1. The minimum atomic E-state index is 0.139. The Hall–Kier alpha value is -2.09. The Morgan fingerprint density at radius 3 is 2.44 bits per heavy atom. The zero-order valence-corrected chi connectivity index (χ0v) is 10.8. The van der Waals surface area contributed by atoms with Gasteiger partial charge in [-0.1, -0.05) is 42.5 Å². The smallest absolute Gasteiger partial charge is 0.182 e. The summed E-state index contributed by atoms with van der Waals surface area (Å²) in [6.45, 7) is 2.45. The first-order valence-corrected chi connectivity index (χ1v) is 6.03. The molecule has 0 aliphatic carbocycles. The zero-order valence-electron chi connectivity index (χ0n) is 10.8. The summed E-state index contributed by atoms with van der Waals surface area (Å²) in [5, 5.41) is 0. The zero-order chi connectivity index (χ0) is 13.0. The van der Waals surface area contributed by atoms with Crippen LogP contribution in [0.15, 0.2) is 54.6 Å². The Balaban J connectivity index is 2.08. The minimum absolute atomic E-state index is 0.139. The Morgan fingerprint density at radius 1 is 1.06 bits per heavy atom. The molecule has 18 heavy (non-hydrogen) atoms. The molecule has 2 aromatic rings. The van der Waals surface area contributed by atoms with Gasteiger partial charge >= 0.3 is 0 Å². The molecule has 2 heteroatoms. The van der Waals surface area contributed by atoms with Gasteiger partial charge in [0, 0.05) is 18.3 Å². The van der Waals surface area contributed by atoms with Crippen molar-refractivity contribution in [1.82, 2.24) is 0 Å². The van der Waals surface area contributed by atoms with Gasteiger partial charge < -0.3 is 4.90 Å². The fraction of sp³-hybridized carbons (Fsp3) is 0.188. The van der Waals surface area contributed by atoms with E-state index >= 15 is 0 Å². The fourth-order valence-electron chi connectivity index (χ4n) is 1.89. The van der Waals surface area contributed by atoms with Gasteiger partial charge in [-0.25, -0.2) is 0 Å². The van der Waals surface area contributed by atoms with Crippen molar-refractivity contribution < 1.29 is 4.79 Å². The monoisotopic (exact) mass is 239 g/mol. The van der Waals surface area contributed by atoms with Crippen molar-refractivity contribution in [1.29, 1.82) is 0 Å². The Labute approximate surface area is 108 Å². The van der Waals surface area contributed by atoms with Crippen LogP contribution in [0.3, 0.4) is 0 Å². The molecular formula is C16H17NO. The highest BCUT2D eigenvalue weighted by molar-refractivity contribution is 5.99. The lowest BCUT2D eigenvalue weighted by Gasteiger charge is -2.18. The SMILES string of the molecule is Cc1cccc(N(C)CC(=O)c2ccccc2)c1. The lowest BCUT2D eigenvalue weighted by atomic mass is 10.1. The van der Waals surface area contributed by atoms with E-state index in [0.717, 1.165) is 11.3 Å². The highest BCUT2D eigenvalue weighted by atomic mass is 16.1. The van der Waals surface area contributed by atoms with Crippen LogP contribution < -0.4 is 4.90 Å². The van der Waals surface area contributed by atoms with E-state index in [-0.39, 0.29) is 5.78 Å². The number of benzene rings is 2. The summed E-state index contributed by atoms with van der Waals surface area (Å²) in [5.41, 5.74) is 3.03. The molecule has 2 rings (SSSR count). The lowest BCUT2D eigenvalue weighted by molar-refractivity contribution is 0.100. The molecule has 0 fully saturated rings. The molecule has 0 bridgehead atoms. The second-order valence-electron chi connectivity index (χ2n) is 4.48. The molecule has 92 valence electrons. The molecule has 0 aliphatic rings. The summed E-state index contributed by atoms with van der Waals surface area (Å²) in [7, 11) is 1.94. The van der Waals surface area contributed by atoms with Crippen LogP contribution in [0.4, 0.5) is 5.69 Å². The topological polar surface area (TPSA) is 20.3 Å². The molecule has 0 unspecified atom stereocenters. The summed E-state index contributed by atoms with van der Waals surface area (Å²) < 4.78 is 0. The van der Waals surface area contributed by atoms with Crippen molar-refractivity contribution in [2.45, 2.75) is 6.92 Å². The number of aryl methyl sites for hydroxylation is 1. The number of hydrogen-bond donors (Lipinski definition) is 0. The second-order valence-corrected chi connectivity index (χ2v) is 4.48. The summed E-state index contributed by atoms with van der Waals surface area (Å²) in [6, 6.07) is 17.6. The highest BCUT2D eigenvalue weighted by Crippen LogP contribution is 2.14. The van der Waals surface area contributed by atoms with Crippen molar-refractivity contribution in [2.24, 2.45) is 0 Å². The number of ketones is 1. The Bertz CT molecular complexity index is 534. The molecular weight excluding hydrogens is 222 g/mol. The van der Waals surface area contributed by atoms with Crippen LogP contribution in [0, 0.1) is 6.92 Å². The van der Waals surface area contributed by atoms with E-state index in [1.165, 1.54) is 5.56 Å². The van der Waals surface area contributed by atoms with Crippen LogP contribution in [0.25, 0.3) is 0 Å². The first kappa shape index (κ1) is 12.4. The second kappa shape index (κ2) is 5.50. The molecule has 0 saturated heterocycles. The number of carbonyl (C=O) groups is 1. The van der Waals surface area contributed by atoms with Gasteiger partial charge in [-0.05, 0) is 24.6 Å². The lowest BCUT2D eigenvalue weighted by Crippen LogP contribution is -2.25. The average molecular weight is 239 g/mol. The van der Waals surface area contributed by atoms with Gasteiger partial charge in [0.1, 0.15) is 0 Å². The van der Waals surface area contributed by atoms with Crippen molar-refractivity contribution in [3.05, 3.63) is 65.7 Å². The largest absolute Gasteiger partial charge is 0.367 e. The van der Waals surface area contributed by atoms with E-state index in [4.69, 9.17) is 0 Å². The third-order valence-corrected chi connectivity index (χ3v) is 2.92. The molecule has 0 radical (unpaired) electrons. The summed E-state index contributed by atoms with van der Waals surface area (Å²) in [4.78, 5) is 14.0. The molecule has 0 N–H and O–H groups in total. The molecule has 0 aromatic heterocycles. The number of Topliss-reactive ketones (excluding diaryl/α,β-unsaturated/α-hetero) is 1. The van der Waals surface area contributed by atoms with Crippen LogP contribution in [0.5, 0.6) is 0 Å². The van der Waals surface area contributed by atoms with Gasteiger partial charge in [-0.3, -0.25) is 4.79 Å². The van der Waals surface area contributed by atoms with Gasteiger partial charge in [0.15, 0.2) is 5.78 Å². The van der Waals surface area contributed by atoms with Crippen LogP contribution in [0.2, 0.25) is 0 Å². The van der Waals surface area contributed by atoms with Crippen molar-refractivity contribution in [3.63, 3.8) is 0 Å². The van der Waals surface area contributed by atoms with E-state index < -0.39 is 0 Å². The molecule has 0 spiro atoms. The van der Waals surface area contributed by atoms with Gasteiger partial charge in [0.05, 0.1) is 6.54 Å². The predicted octanol–water partition coefficient (Wildman–Crippen LogP) is 3.31. The number of likely N-dealkylation sites (N-methyl/N-ethyl adjacent to an activating group) is 1. The minimum Gasteiger partial charge on any atom is -0.367 e. The van der Waals surface area contributed by atoms with Gasteiger partial charge in [-0.2, -0.15) is 0 Å². The van der Waals surface area contributed by atoms with Crippen LogP contribution >= 0.6 is 0 Å². The fourth-order valence-corrected chi connectivity index (χ4v) is 1.89. The first-order chi connectivity index (χ1) is 8.66. The average Bonchev–Trinajstić information content (AvgIpc) is 2.39. The van der Waals surface area contributed by atoms with Gasteiger partial charge in [-0.15, -0.1) is 0 Å². The molecule has 0 amide bonds. The quantitative estimate of drug-likeness (QED) is 0.763. The predicted molar refractivity (Wildman–Crippen MR) is 75.2 cm³/mol. The van der Waals surface area contributed by atoms with E-state index in [2.05, 4.69) is 19.1 Å². The van der Waals surface area contributed by atoms with E-state index in [1.54, 1.807) is 0 Å². The van der Waals surface area contributed by atoms with Gasteiger partial charge in [0.2, 0.25) is 0 Å². The summed E-state index contributed by atoms with van der Waals surface area (Å²) in [5.74, 6) is 0.139. The Kier molecular flexibility index (Phi) is 3.78. The van der Waals surface area contributed by atoms with Gasteiger partial charge in [0.25, 0.3) is 0 Å². The third kappa shape index (κ3) is 2.98. The maximum Gasteiger partial charge on any atom is 0.182 e. The molecule has 0 heterocycles. The van der Waals surface area contributed by atoms with E-state index in [9.17, 15) is 4.79 Å². The number of nitrogens with zero attached hydrogens (tertiary/aromatic N) is 1. The first-order valence-electron chi connectivity index (χ1n) is 6.03. The van der Waals surface area contributed by atoms with Crippen LogP contribution in [0.1, 0.15) is 15.9 Å². The normalized spacial score (nSPS) is 10.1. The molecule has 0 saturated carbocycles.